The first-order valence-corrected chi connectivity index (χ1v) is 4.76. The molecular formula is C8H12N3OP. The van der Waals surface area contributed by atoms with Crippen molar-refractivity contribution in [3.8, 4) is 0 Å². The molecule has 0 aliphatic carbocycles. The van der Waals surface area contributed by atoms with Crippen LogP contribution in [0.15, 0.2) is 6.20 Å². The highest BCUT2D eigenvalue weighted by molar-refractivity contribution is 7.14. The molecule has 1 unspecified atom stereocenters. The lowest BCUT2D eigenvalue weighted by molar-refractivity contribution is -0.129. The lowest BCUT2D eigenvalue weighted by Crippen LogP contribution is -2.34. The van der Waals surface area contributed by atoms with Gasteiger partial charge in [0.05, 0.1) is 6.20 Å². The summed E-state index contributed by atoms with van der Waals surface area (Å²) in [5.41, 5.74) is 2.39. The summed E-state index contributed by atoms with van der Waals surface area (Å²) < 4.78 is 1.81. The van der Waals surface area contributed by atoms with Crippen molar-refractivity contribution in [3.63, 3.8) is 0 Å². The normalized spacial score (nSPS) is 15.7. The lowest BCUT2D eigenvalue weighted by atomic mass is 10.1. The minimum atomic E-state index is 0.141. The van der Waals surface area contributed by atoms with E-state index in [0.29, 0.717) is 6.54 Å². The Bertz CT molecular complexity index is 347. The summed E-state index contributed by atoms with van der Waals surface area (Å²) in [6, 6.07) is 0. The molecule has 1 aromatic rings. The van der Waals surface area contributed by atoms with Crippen molar-refractivity contribution in [2.45, 2.75) is 19.9 Å². The molecule has 0 saturated carbocycles. The number of hydrogen-bond acceptors (Lipinski definition) is 2. The van der Waals surface area contributed by atoms with Crippen molar-refractivity contribution in [2.24, 2.45) is 0 Å². The van der Waals surface area contributed by atoms with Crippen LogP contribution in [-0.4, -0.2) is 26.9 Å². The van der Waals surface area contributed by atoms with Crippen LogP contribution in [0, 0.1) is 0 Å². The molecule has 0 N–H and O–H groups in total. The average molecular weight is 197 g/mol. The van der Waals surface area contributed by atoms with E-state index in [9.17, 15) is 4.79 Å². The fraction of sp³-hybridized carbons (Fsp3) is 0.500. The fourth-order valence-corrected chi connectivity index (χ4v) is 1.99. The maximum atomic E-state index is 11.1. The molecule has 1 atom stereocenters. The van der Waals surface area contributed by atoms with Gasteiger partial charge in [0.1, 0.15) is 0 Å². The molecule has 2 heterocycles. The summed E-state index contributed by atoms with van der Waals surface area (Å²) in [7, 11) is 2.55. The molecule has 5 heteroatoms. The molecule has 0 bridgehead atoms. The maximum absolute atomic E-state index is 11.1. The number of rotatable bonds is 0. The van der Waals surface area contributed by atoms with Crippen LogP contribution in [0.1, 0.15) is 18.2 Å². The number of nitrogens with zero attached hydrogens (tertiary/aromatic N) is 3. The first kappa shape index (κ1) is 8.70. The van der Waals surface area contributed by atoms with Gasteiger partial charge >= 0.3 is 0 Å². The Kier molecular flexibility index (Phi) is 2.08. The summed E-state index contributed by atoms with van der Waals surface area (Å²) in [6.07, 6.45) is 2.73. The number of carbonyl (C=O) groups excluding carboxylic acids is 1. The van der Waals surface area contributed by atoms with Crippen LogP contribution in [0.4, 0.5) is 0 Å². The van der Waals surface area contributed by atoms with Gasteiger partial charge in [0.2, 0.25) is 5.91 Å². The van der Waals surface area contributed by atoms with Gasteiger partial charge in [-0.15, -0.1) is 0 Å². The second-order valence-electron chi connectivity index (χ2n) is 3.25. The first-order chi connectivity index (χ1) is 6.18. The van der Waals surface area contributed by atoms with Gasteiger partial charge in [-0.3, -0.25) is 9.25 Å². The summed E-state index contributed by atoms with van der Waals surface area (Å²) in [5, 5.41) is 4.13. The summed E-state index contributed by atoms with van der Waals surface area (Å²) in [4.78, 5) is 13.0. The Morgan fingerprint density at radius 3 is 3.15 bits per heavy atom. The highest BCUT2D eigenvalue weighted by Gasteiger charge is 2.20. The second-order valence-corrected chi connectivity index (χ2v) is 3.74. The van der Waals surface area contributed by atoms with Gasteiger partial charge in [-0.25, -0.2) is 0 Å². The molecule has 2 rings (SSSR count). The lowest BCUT2D eigenvalue weighted by Gasteiger charge is -2.25. The summed E-state index contributed by atoms with van der Waals surface area (Å²) in [5.74, 6) is 0.141. The highest BCUT2D eigenvalue weighted by atomic mass is 31.0. The molecule has 1 amide bonds. The van der Waals surface area contributed by atoms with E-state index in [2.05, 4.69) is 14.5 Å². The third kappa shape index (κ3) is 1.46. The van der Waals surface area contributed by atoms with Gasteiger partial charge in [0.25, 0.3) is 0 Å². The molecule has 1 aliphatic heterocycles. The Labute approximate surface area is 79.2 Å². The van der Waals surface area contributed by atoms with Crippen LogP contribution >= 0.6 is 9.39 Å². The number of carbonyl (C=O) groups is 1. The van der Waals surface area contributed by atoms with E-state index >= 15 is 0 Å². The zero-order valence-corrected chi connectivity index (χ0v) is 8.68. The van der Waals surface area contributed by atoms with Gasteiger partial charge in [-0.1, -0.05) is 0 Å². The van der Waals surface area contributed by atoms with Gasteiger partial charge in [0, 0.05) is 37.7 Å². The van der Waals surface area contributed by atoms with E-state index in [1.807, 2.05) is 15.5 Å². The van der Waals surface area contributed by atoms with Gasteiger partial charge < -0.3 is 4.90 Å². The number of fused-ring (bicyclic) bond motifs is 1. The SMILES string of the molecule is CC(=O)N1CCc2c(cnn2P)C1. The van der Waals surface area contributed by atoms with E-state index in [1.54, 1.807) is 6.92 Å². The van der Waals surface area contributed by atoms with Crippen molar-refractivity contribution < 1.29 is 4.79 Å². The molecule has 1 aromatic heterocycles. The predicted molar refractivity (Wildman–Crippen MR) is 52.1 cm³/mol. The summed E-state index contributed by atoms with van der Waals surface area (Å²) in [6.45, 7) is 3.12. The standard InChI is InChI=1S/C8H12N3OP/c1-6(12)10-3-2-8-7(5-10)4-9-11(8)13/h4H,2-3,5,13H2,1H3. The minimum Gasteiger partial charge on any atom is -0.338 e. The fourth-order valence-electron chi connectivity index (χ4n) is 1.62. The zero-order chi connectivity index (χ0) is 9.42. The molecule has 70 valence electrons. The Morgan fingerprint density at radius 2 is 2.46 bits per heavy atom. The van der Waals surface area contributed by atoms with Crippen LogP contribution in [0.2, 0.25) is 0 Å². The van der Waals surface area contributed by atoms with Gasteiger partial charge in [-0.05, 0) is 9.39 Å². The van der Waals surface area contributed by atoms with Crippen LogP contribution in [0.5, 0.6) is 0 Å². The predicted octanol–water partition coefficient (Wildman–Crippen LogP) is 0.426. The Morgan fingerprint density at radius 1 is 1.69 bits per heavy atom. The van der Waals surface area contributed by atoms with Crippen molar-refractivity contribution in [2.75, 3.05) is 6.54 Å². The highest BCUT2D eigenvalue weighted by Crippen LogP contribution is 2.19. The zero-order valence-electron chi connectivity index (χ0n) is 7.53. The molecule has 0 fully saturated rings. The number of amides is 1. The Hall–Kier alpha value is -0.890. The molecule has 4 nitrogen and oxygen atoms in total. The van der Waals surface area contributed by atoms with Crippen LogP contribution in [-0.2, 0) is 17.8 Å². The van der Waals surface area contributed by atoms with Crippen molar-refractivity contribution in [1.82, 2.24) is 14.5 Å². The number of aromatic nitrogens is 2. The second kappa shape index (κ2) is 3.11. The molecule has 0 radical (unpaired) electrons. The van der Waals surface area contributed by atoms with E-state index in [1.165, 1.54) is 5.69 Å². The first-order valence-electron chi connectivity index (χ1n) is 4.25. The largest absolute Gasteiger partial charge is 0.338 e. The third-order valence-corrected chi connectivity index (χ3v) is 2.86. The average Bonchev–Trinajstić information content (AvgIpc) is 2.47. The van der Waals surface area contributed by atoms with Crippen LogP contribution in [0.3, 0.4) is 0 Å². The van der Waals surface area contributed by atoms with Crippen molar-refractivity contribution in [1.29, 1.82) is 0 Å². The molecule has 0 spiro atoms. The number of hydrogen-bond donors (Lipinski definition) is 0. The van der Waals surface area contributed by atoms with Crippen molar-refractivity contribution >= 4 is 15.3 Å². The third-order valence-electron chi connectivity index (χ3n) is 2.41. The molecule has 13 heavy (non-hydrogen) atoms. The van der Waals surface area contributed by atoms with Crippen LogP contribution in [0.25, 0.3) is 0 Å². The Balaban J connectivity index is 2.25. The summed E-state index contributed by atoms with van der Waals surface area (Å²) >= 11 is 0. The van der Waals surface area contributed by atoms with Crippen LogP contribution < -0.4 is 0 Å². The van der Waals surface area contributed by atoms with Gasteiger partial charge in [-0.2, -0.15) is 5.10 Å². The van der Waals surface area contributed by atoms with E-state index in [0.717, 1.165) is 18.5 Å². The smallest absolute Gasteiger partial charge is 0.219 e. The maximum Gasteiger partial charge on any atom is 0.219 e. The molecule has 0 saturated heterocycles. The van der Waals surface area contributed by atoms with E-state index < -0.39 is 0 Å². The van der Waals surface area contributed by atoms with E-state index in [4.69, 9.17) is 0 Å². The quantitative estimate of drug-likeness (QED) is 0.565. The topological polar surface area (TPSA) is 38.1 Å². The van der Waals surface area contributed by atoms with E-state index in [-0.39, 0.29) is 5.91 Å². The van der Waals surface area contributed by atoms with Crippen molar-refractivity contribution in [3.05, 3.63) is 17.5 Å². The molecular weight excluding hydrogens is 185 g/mol. The van der Waals surface area contributed by atoms with Gasteiger partial charge in [0.15, 0.2) is 0 Å². The minimum absolute atomic E-state index is 0.141. The molecule has 1 aliphatic rings. The molecule has 0 aromatic carbocycles. The monoisotopic (exact) mass is 197 g/mol.